The van der Waals surface area contributed by atoms with Gasteiger partial charge in [0.15, 0.2) is 0 Å². The average Bonchev–Trinajstić information content (AvgIpc) is 3.37. The van der Waals surface area contributed by atoms with E-state index < -0.39 is 20.0 Å². The third-order valence-electron chi connectivity index (χ3n) is 15.8. The van der Waals surface area contributed by atoms with Crippen LogP contribution in [0.3, 0.4) is 0 Å². The zero-order valence-electron chi connectivity index (χ0n) is 51.3. The average molecular weight is 1080 g/mol. The number of phosphoric ester groups is 1. The number of nitrogens with one attached hydrogen (secondary N) is 1. The van der Waals surface area contributed by atoms with Crippen LogP contribution in [-0.4, -0.2) is 73.4 Å². The molecular formula is C66H134N2O6P+. The minimum Gasteiger partial charge on any atom is -0.387 e. The summed E-state index contributed by atoms with van der Waals surface area (Å²) in [6, 6.07) is -0.843. The quantitative estimate of drug-likeness (QED) is 0.0243. The second-order valence-corrected chi connectivity index (χ2v) is 26.0. The molecule has 0 aliphatic heterocycles. The summed E-state index contributed by atoms with van der Waals surface area (Å²) in [5.41, 5.74) is 0. The minimum absolute atomic E-state index is 0.0655. The van der Waals surface area contributed by atoms with E-state index in [9.17, 15) is 19.4 Å². The van der Waals surface area contributed by atoms with Gasteiger partial charge in [0, 0.05) is 6.42 Å². The highest BCUT2D eigenvalue weighted by atomic mass is 31.2. The first kappa shape index (κ1) is 74.2. The predicted molar refractivity (Wildman–Crippen MR) is 328 cm³/mol. The molecule has 0 heterocycles. The Balaban J connectivity index is 4.07. The number of aliphatic hydroxyl groups is 1. The van der Waals surface area contributed by atoms with Gasteiger partial charge in [-0.2, -0.15) is 0 Å². The molecule has 0 fully saturated rings. The molecule has 448 valence electrons. The fourth-order valence-corrected chi connectivity index (χ4v) is 11.3. The molecule has 3 N–H and O–H groups in total. The molecule has 0 rings (SSSR count). The monoisotopic (exact) mass is 1080 g/mol. The number of aliphatic hydroxyl groups excluding tert-OH is 1. The maximum absolute atomic E-state index is 13.0. The van der Waals surface area contributed by atoms with E-state index in [-0.39, 0.29) is 19.1 Å². The lowest BCUT2D eigenvalue weighted by Crippen LogP contribution is -2.45. The van der Waals surface area contributed by atoms with E-state index in [4.69, 9.17) is 9.05 Å². The maximum atomic E-state index is 13.0. The third-order valence-corrected chi connectivity index (χ3v) is 16.7. The lowest BCUT2D eigenvalue weighted by molar-refractivity contribution is -0.870. The highest BCUT2D eigenvalue weighted by Crippen LogP contribution is 2.43. The van der Waals surface area contributed by atoms with Crippen LogP contribution in [0.4, 0.5) is 0 Å². The van der Waals surface area contributed by atoms with E-state index in [1.807, 2.05) is 27.2 Å². The van der Waals surface area contributed by atoms with Crippen LogP contribution in [-0.2, 0) is 18.4 Å². The minimum atomic E-state index is -4.35. The topological polar surface area (TPSA) is 105 Å². The first-order valence-electron chi connectivity index (χ1n) is 33.6. The molecule has 0 saturated carbocycles. The number of carbonyl (C=O) groups excluding carboxylic acids is 1. The number of likely N-dealkylation sites (N-methyl/N-ethyl adjacent to an activating group) is 1. The highest BCUT2D eigenvalue weighted by molar-refractivity contribution is 7.47. The van der Waals surface area contributed by atoms with Crippen molar-refractivity contribution in [3.8, 4) is 0 Å². The van der Waals surface area contributed by atoms with Crippen molar-refractivity contribution in [1.29, 1.82) is 0 Å². The van der Waals surface area contributed by atoms with Crippen molar-refractivity contribution in [2.45, 2.75) is 366 Å². The number of hydrogen-bond acceptors (Lipinski definition) is 5. The summed E-state index contributed by atoms with van der Waals surface area (Å²) in [6.07, 6.45) is 73.5. The summed E-state index contributed by atoms with van der Waals surface area (Å²) in [6.45, 7) is 4.89. The lowest BCUT2D eigenvalue weighted by atomic mass is 10.0. The summed E-state index contributed by atoms with van der Waals surface area (Å²) in [5.74, 6) is -0.167. The van der Waals surface area contributed by atoms with E-state index in [0.717, 1.165) is 32.1 Å². The van der Waals surface area contributed by atoms with Crippen molar-refractivity contribution in [3.63, 3.8) is 0 Å². The molecule has 0 aromatic carbocycles. The number of unbranched alkanes of at least 4 members (excludes halogenated alkanes) is 50. The van der Waals surface area contributed by atoms with Crippen molar-refractivity contribution in [3.05, 3.63) is 12.2 Å². The Bertz CT molecular complexity index is 1230. The second-order valence-electron chi connectivity index (χ2n) is 24.6. The van der Waals surface area contributed by atoms with Crippen LogP contribution in [0.2, 0.25) is 0 Å². The molecule has 0 aliphatic carbocycles. The van der Waals surface area contributed by atoms with Crippen LogP contribution in [0.15, 0.2) is 12.2 Å². The van der Waals surface area contributed by atoms with Gasteiger partial charge >= 0.3 is 7.82 Å². The Morgan fingerprint density at radius 1 is 0.440 bits per heavy atom. The Hall–Kier alpha value is -0.760. The van der Waals surface area contributed by atoms with Gasteiger partial charge in [0.1, 0.15) is 13.2 Å². The molecule has 0 bridgehead atoms. The normalized spacial score (nSPS) is 13.7. The fourth-order valence-electron chi connectivity index (χ4n) is 10.5. The number of carbonyl (C=O) groups is 1. The molecule has 3 atom stereocenters. The smallest absolute Gasteiger partial charge is 0.387 e. The fraction of sp³-hybridized carbons (Fsp3) is 0.955. The van der Waals surface area contributed by atoms with E-state index in [2.05, 4.69) is 19.2 Å². The first-order chi connectivity index (χ1) is 36.5. The van der Waals surface area contributed by atoms with Crippen molar-refractivity contribution in [2.75, 3.05) is 40.9 Å². The summed E-state index contributed by atoms with van der Waals surface area (Å²) >= 11 is 0. The van der Waals surface area contributed by atoms with E-state index >= 15 is 0 Å². The van der Waals surface area contributed by atoms with Gasteiger partial charge in [-0.1, -0.05) is 341 Å². The standard InChI is InChI=1S/C66H133N2O6P/c1-6-8-10-12-14-16-18-20-22-24-26-28-30-32-34-36-38-40-42-44-46-48-50-52-54-56-58-60-66(70)67-64(63-74-75(71,72)73-62-61-68(3,4)5)65(69)59-57-55-53-51-49-47-45-43-41-39-37-35-33-31-29-27-25-23-21-19-17-15-13-11-9-7-2/h57,59,64-65,69H,6-56,58,60-63H2,1-5H3,(H-,67,70,71,72)/p+1/b59-57+. The van der Waals surface area contributed by atoms with Crippen LogP contribution in [0.5, 0.6) is 0 Å². The Morgan fingerprint density at radius 2 is 0.707 bits per heavy atom. The Labute approximate surface area is 469 Å². The molecular weight excluding hydrogens is 948 g/mol. The Morgan fingerprint density at radius 3 is 0.987 bits per heavy atom. The van der Waals surface area contributed by atoms with Crippen LogP contribution in [0.1, 0.15) is 354 Å². The van der Waals surface area contributed by atoms with E-state index in [1.54, 1.807) is 6.08 Å². The van der Waals surface area contributed by atoms with Crippen molar-refractivity contribution in [1.82, 2.24) is 5.32 Å². The number of nitrogens with zero attached hydrogens (tertiary/aromatic N) is 1. The second kappa shape index (κ2) is 57.9. The van der Waals surface area contributed by atoms with Gasteiger partial charge in [-0.05, 0) is 19.3 Å². The summed E-state index contributed by atoms with van der Waals surface area (Å²) in [7, 11) is 1.59. The van der Waals surface area contributed by atoms with Gasteiger partial charge in [0.25, 0.3) is 0 Å². The van der Waals surface area contributed by atoms with Crippen LogP contribution in [0.25, 0.3) is 0 Å². The van der Waals surface area contributed by atoms with Gasteiger partial charge in [-0.3, -0.25) is 13.8 Å². The van der Waals surface area contributed by atoms with Gasteiger partial charge < -0.3 is 19.8 Å². The molecule has 75 heavy (non-hydrogen) atoms. The van der Waals surface area contributed by atoms with E-state index in [1.165, 1.54) is 302 Å². The predicted octanol–water partition coefficient (Wildman–Crippen LogP) is 20.9. The maximum Gasteiger partial charge on any atom is 0.472 e. The molecule has 1 amide bonds. The van der Waals surface area contributed by atoms with E-state index in [0.29, 0.717) is 17.4 Å². The number of phosphoric acid groups is 1. The van der Waals surface area contributed by atoms with Crippen molar-refractivity contribution in [2.24, 2.45) is 0 Å². The molecule has 8 nitrogen and oxygen atoms in total. The SMILES string of the molecule is CCCCCCCCCCCCCCCCCCCCCCCCCC/C=C/C(O)C(COP(=O)(O)OCC[N+](C)(C)C)NC(=O)CCCCCCCCCCCCCCCCCCCCCCCCCCCCC. The molecule has 0 aromatic heterocycles. The number of amides is 1. The number of quaternary nitrogens is 1. The summed E-state index contributed by atoms with van der Waals surface area (Å²) in [5, 5.41) is 14.0. The summed E-state index contributed by atoms with van der Waals surface area (Å²) in [4.78, 5) is 23.4. The highest BCUT2D eigenvalue weighted by Gasteiger charge is 2.28. The first-order valence-corrected chi connectivity index (χ1v) is 35.1. The molecule has 0 spiro atoms. The summed E-state index contributed by atoms with van der Waals surface area (Å²) < 4.78 is 23.8. The number of rotatable bonds is 63. The molecule has 0 saturated heterocycles. The number of hydrogen-bond donors (Lipinski definition) is 3. The zero-order valence-corrected chi connectivity index (χ0v) is 52.2. The molecule has 0 aromatic rings. The van der Waals surface area contributed by atoms with Gasteiger partial charge in [-0.25, -0.2) is 4.57 Å². The molecule has 0 radical (unpaired) electrons. The van der Waals surface area contributed by atoms with Gasteiger partial charge in [0.05, 0.1) is 39.9 Å². The molecule has 9 heteroatoms. The molecule has 3 unspecified atom stereocenters. The Kier molecular flexibility index (Phi) is 57.3. The zero-order chi connectivity index (χ0) is 54.9. The lowest BCUT2D eigenvalue weighted by Gasteiger charge is -2.25. The van der Waals surface area contributed by atoms with Crippen molar-refractivity contribution >= 4 is 13.7 Å². The van der Waals surface area contributed by atoms with Crippen molar-refractivity contribution < 1.29 is 32.9 Å². The number of allylic oxidation sites excluding steroid dienone is 1. The third kappa shape index (κ3) is 60.7. The molecule has 0 aliphatic rings. The van der Waals surface area contributed by atoms with Crippen LogP contribution < -0.4 is 5.32 Å². The largest absolute Gasteiger partial charge is 0.472 e. The van der Waals surface area contributed by atoms with Crippen LogP contribution in [0, 0.1) is 0 Å². The van der Waals surface area contributed by atoms with Crippen LogP contribution >= 0.6 is 7.82 Å². The van der Waals surface area contributed by atoms with Gasteiger partial charge in [-0.15, -0.1) is 0 Å². The van der Waals surface area contributed by atoms with Gasteiger partial charge in [0.2, 0.25) is 5.91 Å².